The van der Waals surface area contributed by atoms with Crippen LogP contribution in [-0.4, -0.2) is 34.7 Å². The summed E-state index contributed by atoms with van der Waals surface area (Å²) in [4.78, 5) is 15.5. The van der Waals surface area contributed by atoms with E-state index in [1.807, 2.05) is 13.0 Å². The summed E-state index contributed by atoms with van der Waals surface area (Å²) >= 11 is 0. The van der Waals surface area contributed by atoms with Gasteiger partial charge in [-0.3, -0.25) is 4.40 Å². The maximum Gasteiger partial charge on any atom is 0.358 e. The summed E-state index contributed by atoms with van der Waals surface area (Å²) in [7, 11) is 3.06. The maximum atomic E-state index is 11.5. The number of benzene rings is 1. The highest BCUT2D eigenvalue weighted by molar-refractivity contribution is 5.91. The van der Waals surface area contributed by atoms with Gasteiger partial charge >= 0.3 is 5.97 Å². The number of azo groups is 1. The Bertz CT molecular complexity index is 978. The predicted octanol–water partition coefficient (Wildman–Crippen LogP) is 3.77. The van der Waals surface area contributed by atoms with Crippen LogP contribution in [0.25, 0.3) is 5.65 Å². The van der Waals surface area contributed by atoms with E-state index in [4.69, 9.17) is 9.47 Å². The summed E-state index contributed by atoms with van der Waals surface area (Å²) in [5.41, 5.74) is 1.78. The van der Waals surface area contributed by atoms with Gasteiger partial charge in [-0.25, -0.2) is 9.78 Å². The second kappa shape index (κ2) is 6.60. The van der Waals surface area contributed by atoms with Crippen LogP contribution < -0.4 is 9.47 Å². The molecule has 0 aliphatic carbocycles. The minimum Gasteiger partial charge on any atom is -0.493 e. The second-order valence-electron chi connectivity index (χ2n) is 5.26. The first-order chi connectivity index (χ1) is 12.0. The van der Waals surface area contributed by atoms with Gasteiger partial charge in [0.15, 0.2) is 23.0 Å². The molecule has 0 amide bonds. The molecule has 2 heterocycles. The van der Waals surface area contributed by atoms with Crippen molar-refractivity contribution in [2.45, 2.75) is 6.92 Å². The van der Waals surface area contributed by atoms with Crippen molar-refractivity contribution < 1.29 is 19.4 Å². The summed E-state index contributed by atoms with van der Waals surface area (Å²) in [6.07, 6.45) is 1.76. The Labute approximate surface area is 143 Å². The lowest BCUT2D eigenvalue weighted by Crippen LogP contribution is -1.96. The van der Waals surface area contributed by atoms with E-state index in [1.54, 1.807) is 42.0 Å². The molecule has 3 aromatic rings. The van der Waals surface area contributed by atoms with E-state index < -0.39 is 5.97 Å². The maximum absolute atomic E-state index is 11.5. The highest BCUT2D eigenvalue weighted by Gasteiger charge is 2.18. The smallest absolute Gasteiger partial charge is 0.358 e. The van der Waals surface area contributed by atoms with Gasteiger partial charge in [0.2, 0.25) is 0 Å². The van der Waals surface area contributed by atoms with E-state index in [9.17, 15) is 9.90 Å². The zero-order valence-corrected chi connectivity index (χ0v) is 13.9. The van der Waals surface area contributed by atoms with E-state index in [0.717, 1.165) is 5.56 Å². The average Bonchev–Trinajstić information content (AvgIpc) is 2.97. The van der Waals surface area contributed by atoms with Crippen molar-refractivity contribution in [3.63, 3.8) is 0 Å². The molecule has 0 atom stereocenters. The number of methoxy groups -OCH3 is 2. The molecule has 0 unspecified atom stereocenters. The Morgan fingerprint density at radius 1 is 1.12 bits per heavy atom. The lowest BCUT2D eigenvalue weighted by atomic mass is 10.3. The Morgan fingerprint density at radius 2 is 1.88 bits per heavy atom. The first-order valence-corrected chi connectivity index (χ1v) is 7.39. The quantitative estimate of drug-likeness (QED) is 0.713. The van der Waals surface area contributed by atoms with Gasteiger partial charge in [-0.1, -0.05) is 6.07 Å². The Morgan fingerprint density at radius 3 is 2.56 bits per heavy atom. The molecule has 0 saturated carbocycles. The first-order valence-electron chi connectivity index (χ1n) is 7.39. The molecule has 0 aliphatic heterocycles. The molecule has 0 spiro atoms. The van der Waals surface area contributed by atoms with Crippen LogP contribution in [0.3, 0.4) is 0 Å². The predicted molar refractivity (Wildman–Crippen MR) is 90.6 cm³/mol. The first kappa shape index (κ1) is 16.4. The van der Waals surface area contributed by atoms with Crippen molar-refractivity contribution in [1.29, 1.82) is 0 Å². The summed E-state index contributed by atoms with van der Waals surface area (Å²) in [5, 5.41) is 17.6. The van der Waals surface area contributed by atoms with E-state index >= 15 is 0 Å². The molecule has 0 fully saturated rings. The number of imidazole rings is 1. The number of nitrogens with zero attached hydrogens (tertiary/aromatic N) is 4. The fraction of sp³-hybridized carbons (Fsp3) is 0.176. The number of aromatic carboxylic acids is 1. The molecule has 0 bridgehead atoms. The van der Waals surface area contributed by atoms with Crippen LogP contribution in [0.1, 0.15) is 16.1 Å². The number of rotatable bonds is 5. The van der Waals surface area contributed by atoms with Crippen LogP contribution in [0.4, 0.5) is 11.5 Å². The number of hydrogen-bond donors (Lipinski definition) is 1. The zero-order chi connectivity index (χ0) is 18.0. The molecule has 128 valence electrons. The molecule has 25 heavy (non-hydrogen) atoms. The molecule has 0 saturated heterocycles. The molecular weight excluding hydrogens is 324 g/mol. The monoisotopic (exact) mass is 340 g/mol. The molecule has 8 nitrogen and oxygen atoms in total. The number of ether oxygens (including phenoxy) is 2. The SMILES string of the molecule is COc1ccc(N=Nc2c(C(=O)O)nc3ccc(C)cn23)cc1OC. The largest absolute Gasteiger partial charge is 0.493 e. The third kappa shape index (κ3) is 3.14. The van der Waals surface area contributed by atoms with Crippen LogP contribution >= 0.6 is 0 Å². The van der Waals surface area contributed by atoms with Gasteiger partial charge in [0.05, 0.1) is 19.9 Å². The van der Waals surface area contributed by atoms with Crippen molar-refractivity contribution >= 4 is 23.1 Å². The number of carboxylic acids is 1. The molecule has 2 aromatic heterocycles. The molecule has 1 aromatic carbocycles. The van der Waals surface area contributed by atoms with Crippen LogP contribution in [-0.2, 0) is 0 Å². The third-order valence-corrected chi connectivity index (χ3v) is 3.57. The highest BCUT2D eigenvalue weighted by Crippen LogP contribution is 2.32. The number of carbonyl (C=O) groups is 1. The molecule has 0 aliphatic rings. The summed E-state index contributed by atoms with van der Waals surface area (Å²) in [6, 6.07) is 8.63. The van der Waals surface area contributed by atoms with Crippen LogP contribution in [0.2, 0.25) is 0 Å². The zero-order valence-electron chi connectivity index (χ0n) is 13.9. The minimum atomic E-state index is -1.16. The number of fused-ring (bicyclic) bond motifs is 1. The van der Waals surface area contributed by atoms with Gasteiger partial charge in [0.25, 0.3) is 0 Å². The molecule has 3 rings (SSSR count). The van der Waals surface area contributed by atoms with Gasteiger partial charge in [-0.15, -0.1) is 10.2 Å². The highest BCUT2D eigenvalue weighted by atomic mass is 16.5. The molecular formula is C17H16N4O4. The van der Waals surface area contributed by atoms with Crippen molar-refractivity contribution in [3.8, 4) is 11.5 Å². The number of hydrogen-bond acceptors (Lipinski definition) is 6. The summed E-state index contributed by atoms with van der Waals surface area (Å²) in [6.45, 7) is 1.90. The topological polar surface area (TPSA) is 97.8 Å². The van der Waals surface area contributed by atoms with Gasteiger partial charge in [-0.2, -0.15) is 0 Å². The lowest BCUT2D eigenvalue weighted by molar-refractivity contribution is 0.0692. The number of pyridine rings is 1. The fourth-order valence-electron chi connectivity index (χ4n) is 2.37. The van der Waals surface area contributed by atoms with Crippen LogP contribution in [0, 0.1) is 6.92 Å². The van der Waals surface area contributed by atoms with E-state index in [0.29, 0.717) is 22.8 Å². The van der Waals surface area contributed by atoms with Crippen molar-refractivity contribution in [1.82, 2.24) is 9.38 Å². The van der Waals surface area contributed by atoms with Gasteiger partial charge in [0, 0.05) is 12.3 Å². The normalized spacial score (nSPS) is 11.2. The van der Waals surface area contributed by atoms with Gasteiger partial charge < -0.3 is 14.6 Å². The number of aromatic nitrogens is 2. The summed E-state index contributed by atoms with van der Waals surface area (Å²) < 4.78 is 12.0. The van der Waals surface area contributed by atoms with Crippen LogP contribution in [0.5, 0.6) is 11.5 Å². The molecule has 8 heteroatoms. The van der Waals surface area contributed by atoms with Crippen LogP contribution in [0.15, 0.2) is 46.8 Å². The van der Waals surface area contributed by atoms with Crippen molar-refractivity contribution in [2.24, 2.45) is 10.2 Å². The fourth-order valence-corrected chi connectivity index (χ4v) is 2.37. The Hall–Kier alpha value is -3.42. The van der Waals surface area contributed by atoms with Crippen molar-refractivity contribution in [3.05, 3.63) is 47.8 Å². The third-order valence-electron chi connectivity index (χ3n) is 3.57. The van der Waals surface area contributed by atoms with Crippen molar-refractivity contribution in [2.75, 3.05) is 14.2 Å². The standard InChI is InChI=1S/C17H16N4O4/c1-10-4-7-14-18-15(17(22)23)16(21(14)9-10)20-19-11-5-6-12(24-2)13(8-11)25-3/h4-9H,1-3H3,(H,22,23). The van der Waals surface area contributed by atoms with Gasteiger partial charge in [0.1, 0.15) is 5.65 Å². The summed E-state index contributed by atoms with van der Waals surface area (Å²) in [5.74, 6) is 0.0631. The molecule has 0 radical (unpaired) electrons. The minimum absolute atomic E-state index is 0.154. The average molecular weight is 340 g/mol. The number of aryl methyl sites for hydroxylation is 1. The van der Waals surface area contributed by atoms with Gasteiger partial charge in [-0.05, 0) is 30.7 Å². The van der Waals surface area contributed by atoms with E-state index in [-0.39, 0.29) is 11.5 Å². The Balaban J connectivity index is 2.07. The number of carboxylic acid groups (broad SMARTS) is 1. The van der Waals surface area contributed by atoms with E-state index in [2.05, 4.69) is 15.2 Å². The van der Waals surface area contributed by atoms with E-state index in [1.165, 1.54) is 7.11 Å². The molecule has 1 N–H and O–H groups in total. The second-order valence-corrected chi connectivity index (χ2v) is 5.26. The lowest BCUT2D eigenvalue weighted by Gasteiger charge is -2.06. The Kier molecular flexibility index (Phi) is 4.34.